The Morgan fingerprint density at radius 1 is 1.44 bits per heavy atom. The fourth-order valence-corrected chi connectivity index (χ4v) is 1.19. The number of benzene rings is 1. The maximum atomic E-state index is 13.2. The molecule has 0 unspecified atom stereocenters. The van der Waals surface area contributed by atoms with Crippen LogP contribution < -0.4 is 5.32 Å². The second-order valence-electron chi connectivity index (χ2n) is 3.23. The minimum Gasteiger partial charge on any atom is -0.385 e. The first-order valence-corrected chi connectivity index (χ1v) is 4.87. The summed E-state index contributed by atoms with van der Waals surface area (Å²) in [4.78, 5) is 11.4. The van der Waals surface area contributed by atoms with Crippen LogP contribution in [0, 0.1) is 11.6 Å². The molecule has 0 aromatic heterocycles. The molecule has 88 valence electrons. The zero-order valence-electron chi connectivity index (χ0n) is 8.93. The van der Waals surface area contributed by atoms with Crippen molar-refractivity contribution in [2.24, 2.45) is 0 Å². The van der Waals surface area contributed by atoms with Gasteiger partial charge >= 0.3 is 0 Å². The largest absolute Gasteiger partial charge is 0.385 e. The first-order chi connectivity index (χ1) is 7.65. The van der Waals surface area contributed by atoms with Gasteiger partial charge in [0.25, 0.3) is 5.91 Å². The van der Waals surface area contributed by atoms with Crippen LogP contribution in [0.4, 0.5) is 8.78 Å². The van der Waals surface area contributed by atoms with Crippen molar-refractivity contribution in [3.05, 3.63) is 35.4 Å². The molecule has 0 atom stereocenters. The van der Waals surface area contributed by atoms with E-state index in [4.69, 9.17) is 4.74 Å². The molecular weight excluding hydrogens is 216 g/mol. The summed E-state index contributed by atoms with van der Waals surface area (Å²) in [5.41, 5.74) is -0.154. The van der Waals surface area contributed by atoms with Gasteiger partial charge in [-0.25, -0.2) is 8.78 Å². The van der Waals surface area contributed by atoms with Crippen LogP contribution in [0.3, 0.4) is 0 Å². The first-order valence-electron chi connectivity index (χ1n) is 4.87. The van der Waals surface area contributed by atoms with Crippen molar-refractivity contribution in [3.8, 4) is 0 Å². The Balaban J connectivity index is 2.53. The van der Waals surface area contributed by atoms with Crippen LogP contribution in [-0.4, -0.2) is 26.2 Å². The minimum atomic E-state index is -0.857. The molecule has 5 heteroatoms. The SMILES string of the molecule is COCCCNC(=O)c1ccc(F)cc1F. The highest BCUT2D eigenvalue weighted by atomic mass is 19.1. The maximum absolute atomic E-state index is 13.2. The van der Waals surface area contributed by atoms with Crippen LogP contribution >= 0.6 is 0 Å². The van der Waals surface area contributed by atoms with Gasteiger partial charge in [-0.3, -0.25) is 4.79 Å². The molecule has 0 heterocycles. The molecule has 1 aromatic carbocycles. The van der Waals surface area contributed by atoms with E-state index in [1.54, 1.807) is 7.11 Å². The van der Waals surface area contributed by atoms with Gasteiger partial charge in [0.2, 0.25) is 0 Å². The number of methoxy groups -OCH3 is 1. The third-order valence-electron chi connectivity index (χ3n) is 1.99. The van der Waals surface area contributed by atoms with Gasteiger partial charge in [-0.1, -0.05) is 0 Å². The molecule has 1 rings (SSSR count). The van der Waals surface area contributed by atoms with Crippen LogP contribution in [0.2, 0.25) is 0 Å². The van der Waals surface area contributed by atoms with Gasteiger partial charge in [0, 0.05) is 26.3 Å². The average Bonchev–Trinajstić information content (AvgIpc) is 2.24. The van der Waals surface area contributed by atoms with Gasteiger partial charge in [-0.15, -0.1) is 0 Å². The second kappa shape index (κ2) is 6.17. The standard InChI is InChI=1S/C11H13F2NO2/c1-16-6-2-5-14-11(15)9-4-3-8(12)7-10(9)13/h3-4,7H,2,5-6H2,1H3,(H,14,15). The van der Waals surface area contributed by atoms with Crippen LogP contribution in [0.25, 0.3) is 0 Å². The minimum absolute atomic E-state index is 0.154. The lowest BCUT2D eigenvalue weighted by molar-refractivity contribution is 0.0944. The number of carbonyl (C=O) groups excluding carboxylic acids is 1. The Morgan fingerprint density at radius 2 is 2.19 bits per heavy atom. The molecule has 0 radical (unpaired) electrons. The van der Waals surface area contributed by atoms with E-state index < -0.39 is 17.5 Å². The molecule has 1 amide bonds. The summed E-state index contributed by atoms with van der Waals surface area (Å²) < 4.78 is 30.5. The Morgan fingerprint density at radius 3 is 2.81 bits per heavy atom. The zero-order valence-corrected chi connectivity index (χ0v) is 8.93. The van der Waals surface area contributed by atoms with E-state index in [0.29, 0.717) is 25.6 Å². The highest BCUT2D eigenvalue weighted by molar-refractivity contribution is 5.94. The Hall–Kier alpha value is -1.49. The van der Waals surface area contributed by atoms with E-state index in [9.17, 15) is 13.6 Å². The number of ether oxygens (including phenoxy) is 1. The topological polar surface area (TPSA) is 38.3 Å². The van der Waals surface area contributed by atoms with Crippen molar-refractivity contribution in [3.63, 3.8) is 0 Å². The van der Waals surface area contributed by atoms with Crippen LogP contribution in [0.15, 0.2) is 18.2 Å². The van der Waals surface area contributed by atoms with Crippen LogP contribution in [-0.2, 0) is 4.74 Å². The summed E-state index contributed by atoms with van der Waals surface area (Å²) >= 11 is 0. The van der Waals surface area contributed by atoms with E-state index in [0.717, 1.165) is 12.1 Å². The molecular formula is C11H13F2NO2. The highest BCUT2D eigenvalue weighted by Crippen LogP contribution is 2.09. The summed E-state index contributed by atoms with van der Waals surface area (Å²) in [6.07, 6.45) is 0.644. The number of carbonyl (C=O) groups is 1. The third-order valence-corrected chi connectivity index (χ3v) is 1.99. The molecule has 0 aliphatic rings. The van der Waals surface area contributed by atoms with Crippen molar-refractivity contribution in [2.75, 3.05) is 20.3 Å². The number of rotatable bonds is 5. The Bertz CT molecular complexity index is 369. The zero-order chi connectivity index (χ0) is 12.0. The number of hydrogen-bond donors (Lipinski definition) is 1. The predicted octanol–water partition coefficient (Wildman–Crippen LogP) is 1.73. The second-order valence-corrected chi connectivity index (χ2v) is 3.23. The van der Waals surface area contributed by atoms with Gasteiger partial charge in [-0.2, -0.15) is 0 Å². The van der Waals surface area contributed by atoms with Crippen molar-refractivity contribution < 1.29 is 18.3 Å². The molecule has 0 bridgehead atoms. The van der Waals surface area contributed by atoms with Gasteiger partial charge in [-0.05, 0) is 18.6 Å². The molecule has 0 saturated carbocycles. The molecule has 1 N–H and O–H groups in total. The monoisotopic (exact) mass is 229 g/mol. The number of hydrogen-bond acceptors (Lipinski definition) is 2. The van der Waals surface area contributed by atoms with E-state index in [1.165, 1.54) is 0 Å². The Kier molecular flexibility index (Phi) is 4.85. The summed E-state index contributed by atoms with van der Waals surface area (Å²) in [6, 6.07) is 2.85. The van der Waals surface area contributed by atoms with E-state index in [-0.39, 0.29) is 5.56 Å². The molecule has 1 aromatic rings. The van der Waals surface area contributed by atoms with Crippen molar-refractivity contribution in [2.45, 2.75) is 6.42 Å². The summed E-state index contributed by atoms with van der Waals surface area (Å²) in [5.74, 6) is -2.11. The van der Waals surface area contributed by atoms with E-state index >= 15 is 0 Å². The Labute approximate surface area is 92.4 Å². The lowest BCUT2D eigenvalue weighted by Gasteiger charge is -2.05. The molecule has 16 heavy (non-hydrogen) atoms. The average molecular weight is 229 g/mol. The molecule has 0 spiro atoms. The lowest BCUT2D eigenvalue weighted by Crippen LogP contribution is -2.26. The number of halogens is 2. The normalized spacial score (nSPS) is 10.2. The fraction of sp³-hybridized carbons (Fsp3) is 0.364. The predicted molar refractivity (Wildman–Crippen MR) is 55.2 cm³/mol. The molecule has 0 fully saturated rings. The molecule has 0 saturated heterocycles. The molecule has 3 nitrogen and oxygen atoms in total. The summed E-state index contributed by atoms with van der Waals surface area (Å²) in [6.45, 7) is 0.912. The smallest absolute Gasteiger partial charge is 0.254 e. The third kappa shape index (κ3) is 3.58. The summed E-state index contributed by atoms with van der Waals surface area (Å²) in [5, 5.41) is 2.51. The highest BCUT2D eigenvalue weighted by Gasteiger charge is 2.11. The van der Waals surface area contributed by atoms with Crippen LogP contribution in [0.1, 0.15) is 16.8 Å². The maximum Gasteiger partial charge on any atom is 0.254 e. The quantitative estimate of drug-likeness (QED) is 0.781. The molecule has 0 aliphatic heterocycles. The molecule has 0 aliphatic carbocycles. The van der Waals surface area contributed by atoms with E-state index in [1.807, 2.05) is 0 Å². The van der Waals surface area contributed by atoms with Crippen molar-refractivity contribution in [1.82, 2.24) is 5.32 Å². The van der Waals surface area contributed by atoms with Crippen molar-refractivity contribution >= 4 is 5.91 Å². The lowest BCUT2D eigenvalue weighted by atomic mass is 10.2. The van der Waals surface area contributed by atoms with Crippen LogP contribution in [0.5, 0.6) is 0 Å². The van der Waals surface area contributed by atoms with Gasteiger partial charge in [0.05, 0.1) is 5.56 Å². The van der Waals surface area contributed by atoms with E-state index in [2.05, 4.69) is 5.32 Å². The first kappa shape index (κ1) is 12.6. The van der Waals surface area contributed by atoms with Gasteiger partial charge < -0.3 is 10.1 Å². The van der Waals surface area contributed by atoms with Gasteiger partial charge in [0.15, 0.2) is 0 Å². The number of nitrogens with one attached hydrogen (secondary N) is 1. The summed E-state index contributed by atoms with van der Waals surface area (Å²) in [7, 11) is 1.56. The number of amides is 1. The van der Waals surface area contributed by atoms with Gasteiger partial charge in [0.1, 0.15) is 11.6 Å². The fourth-order valence-electron chi connectivity index (χ4n) is 1.19. The van der Waals surface area contributed by atoms with Crippen molar-refractivity contribution in [1.29, 1.82) is 0 Å².